The number of benzene rings is 1. The summed E-state index contributed by atoms with van der Waals surface area (Å²) in [5.74, 6) is 2.41. The van der Waals surface area contributed by atoms with Crippen molar-refractivity contribution in [2.45, 2.75) is 24.1 Å². The number of hydrogen-bond donors (Lipinski definition) is 1. The predicted molar refractivity (Wildman–Crippen MR) is 105 cm³/mol. The van der Waals surface area contributed by atoms with Crippen LogP contribution in [0, 0.1) is 6.92 Å². The number of carbonyl (C=O) groups is 1. The number of nitrogens with one attached hydrogen (secondary N) is 1. The molecule has 0 saturated heterocycles. The first kappa shape index (κ1) is 18.4. The summed E-state index contributed by atoms with van der Waals surface area (Å²) in [4.78, 5) is 17.2. The first-order chi connectivity index (χ1) is 13.7. The molecule has 0 saturated carbocycles. The first-order valence-electron chi connectivity index (χ1n) is 8.90. The van der Waals surface area contributed by atoms with E-state index in [1.165, 1.54) is 11.8 Å². The molecule has 3 heterocycles. The summed E-state index contributed by atoms with van der Waals surface area (Å²) in [6, 6.07) is 10.7. The zero-order valence-electron chi connectivity index (χ0n) is 15.3. The Kier molecular flexibility index (Phi) is 5.48. The van der Waals surface area contributed by atoms with Gasteiger partial charge in [-0.15, -0.1) is 0 Å². The molecule has 7 nitrogen and oxygen atoms in total. The quantitative estimate of drug-likeness (QED) is 0.649. The molecule has 2 aromatic heterocycles. The van der Waals surface area contributed by atoms with Crippen LogP contribution in [0.2, 0.25) is 0 Å². The lowest BCUT2D eigenvalue weighted by Gasteiger charge is -2.11. The van der Waals surface area contributed by atoms with Crippen LogP contribution in [-0.4, -0.2) is 29.3 Å². The largest absolute Gasteiger partial charge is 0.490 e. The Labute approximate surface area is 166 Å². The summed E-state index contributed by atoms with van der Waals surface area (Å²) in [7, 11) is 0. The van der Waals surface area contributed by atoms with Gasteiger partial charge < -0.3 is 19.3 Å². The molecule has 1 aromatic carbocycles. The summed E-state index contributed by atoms with van der Waals surface area (Å²) in [6.07, 6.45) is 2.50. The van der Waals surface area contributed by atoms with Crippen LogP contribution in [0.5, 0.6) is 11.5 Å². The molecule has 4 rings (SSSR count). The number of thioether (sulfide) groups is 1. The number of nitrogens with zero attached hydrogens (tertiary/aromatic N) is 2. The Morgan fingerprint density at radius 1 is 1.18 bits per heavy atom. The SMILES string of the molecule is Cc1cc(CSc2ncccc2C(=O)Nc2ccc3c(c2)OCCCO3)no1. The van der Waals surface area contributed by atoms with Crippen molar-refractivity contribution in [3.05, 3.63) is 59.6 Å². The van der Waals surface area contributed by atoms with E-state index in [2.05, 4.69) is 15.5 Å². The summed E-state index contributed by atoms with van der Waals surface area (Å²) in [5, 5.41) is 7.52. The van der Waals surface area contributed by atoms with Crippen molar-refractivity contribution in [2.75, 3.05) is 18.5 Å². The number of carbonyl (C=O) groups excluding carboxylic acids is 1. The topological polar surface area (TPSA) is 86.5 Å². The summed E-state index contributed by atoms with van der Waals surface area (Å²) in [5.41, 5.74) is 1.95. The minimum absolute atomic E-state index is 0.235. The Balaban J connectivity index is 1.48. The molecule has 144 valence electrons. The van der Waals surface area contributed by atoms with Crippen molar-refractivity contribution in [2.24, 2.45) is 0 Å². The number of anilines is 1. The zero-order chi connectivity index (χ0) is 19.3. The molecular formula is C20H19N3O4S. The van der Waals surface area contributed by atoms with Crippen LogP contribution in [0.1, 0.15) is 28.2 Å². The van der Waals surface area contributed by atoms with Crippen LogP contribution in [-0.2, 0) is 5.75 Å². The highest BCUT2D eigenvalue weighted by molar-refractivity contribution is 7.98. The lowest BCUT2D eigenvalue weighted by molar-refractivity contribution is 0.102. The Morgan fingerprint density at radius 2 is 2.04 bits per heavy atom. The van der Waals surface area contributed by atoms with Gasteiger partial charge in [0.25, 0.3) is 5.91 Å². The van der Waals surface area contributed by atoms with Gasteiger partial charge in [0.05, 0.1) is 24.5 Å². The van der Waals surface area contributed by atoms with Gasteiger partial charge in [-0.2, -0.15) is 0 Å². The molecule has 1 aliphatic heterocycles. The second-order valence-electron chi connectivity index (χ2n) is 6.24. The van der Waals surface area contributed by atoms with Gasteiger partial charge in [-0.1, -0.05) is 16.9 Å². The van der Waals surface area contributed by atoms with Crippen molar-refractivity contribution in [3.63, 3.8) is 0 Å². The van der Waals surface area contributed by atoms with E-state index in [1.54, 1.807) is 30.5 Å². The third-order valence-corrected chi connectivity index (χ3v) is 5.09. The molecule has 3 aromatic rings. The number of aryl methyl sites for hydroxylation is 1. The third kappa shape index (κ3) is 4.28. The minimum atomic E-state index is -0.235. The maximum atomic E-state index is 12.8. The van der Waals surface area contributed by atoms with Crippen LogP contribution in [0.15, 0.2) is 52.1 Å². The van der Waals surface area contributed by atoms with Gasteiger partial charge in [0.2, 0.25) is 0 Å². The summed E-state index contributed by atoms with van der Waals surface area (Å²) >= 11 is 1.44. The molecule has 0 aliphatic carbocycles. The minimum Gasteiger partial charge on any atom is -0.490 e. The fourth-order valence-electron chi connectivity index (χ4n) is 2.75. The number of rotatable bonds is 5. The van der Waals surface area contributed by atoms with E-state index in [0.717, 1.165) is 17.9 Å². The standard InChI is InChI=1S/C20H19N3O4S/c1-13-10-15(23-27-13)12-28-20-16(4-2-7-21-20)19(24)22-14-5-6-17-18(11-14)26-9-3-8-25-17/h2,4-7,10-11H,3,8-9,12H2,1H3,(H,22,24). The second kappa shape index (κ2) is 8.35. The van der Waals surface area contributed by atoms with Gasteiger partial charge >= 0.3 is 0 Å². The van der Waals surface area contributed by atoms with Crippen LogP contribution < -0.4 is 14.8 Å². The monoisotopic (exact) mass is 397 g/mol. The van der Waals surface area contributed by atoms with Crippen LogP contribution in [0.25, 0.3) is 0 Å². The number of hydrogen-bond acceptors (Lipinski definition) is 7. The molecule has 1 amide bonds. The highest BCUT2D eigenvalue weighted by atomic mass is 32.2. The Morgan fingerprint density at radius 3 is 2.86 bits per heavy atom. The van der Waals surface area contributed by atoms with Crippen LogP contribution in [0.3, 0.4) is 0 Å². The average molecular weight is 397 g/mol. The predicted octanol–water partition coefficient (Wildman–Crippen LogP) is 4.08. The van der Waals surface area contributed by atoms with E-state index in [0.29, 0.717) is 46.7 Å². The van der Waals surface area contributed by atoms with E-state index in [9.17, 15) is 4.79 Å². The van der Waals surface area contributed by atoms with Gasteiger partial charge in [0, 0.05) is 36.2 Å². The van der Waals surface area contributed by atoms with Crippen LogP contribution in [0.4, 0.5) is 5.69 Å². The smallest absolute Gasteiger partial charge is 0.258 e. The van der Waals surface area contributed by atoms with E-state index < -0.39 is 0 Å². The molecule has 0 atom stereocenters. The number of ether oxygens (including phenoxy) is 2. The molecule has 0 spiro atoms. The maximum Gasteiger partial charge on any atom is 0.258 e. The van der Waals surface area contributed by atoms with Crippen LogP contribution >= 0.6 is 11.8 Å². The number of aromatic nitrogens is 2. The molecule has 1 N–H and O–H groups in total. The summed E-state index contributed by atoms with van der Waals surface area (Å²) < 4.78 is 16.4. The first-order valence-corrected chi connectivity index (χ1v) is 9.88. The van der Waals surface area contributed by atoms with E-state index in [4.69, 9.17) is 14.0 Å². The van der Waals surface area contributed by atoms with Gasteiger partial charge in [-0.05, 0) is 31.2 Å². The fourth-order valence-corrected chi connectivity index (χ4v) is 3.62. The fraction of sp³-hybridized carbons (Fsp3) is 0.250. The van der Waals surface area contributed by atoms with E-state index in [1.807, 2.05) is 19.1 Å². The van der Waals surface area contributed by atoms with Gasteiger partial charge in [-0.3, -0.25) is 4.79 Å². The maximum absolute atomic E-state index is 12.8. The molecule has 1 aliphatic rings. The van der Waals surface area contributed by atoms with E-state index in [-0.39, 0.29) is 5.91 Å². The highest BCUT2D eigenvalue weighted by Crippen LogP contribution is 2.33. The molecule has 0 fully saturated rings. The molecule has 0 radical (unpaired) electrons. The summed E-state index contributed by atoms with van der Waals surface area (Å²) in [6.45, 7) is 3.06. The third-order valence-electron chi connectivity index (χ3n) is 4.05. The van der Waals surface area contributed by atoms with E-state index >= 15 is 0 Å². The van der Waals surface area contributed by atoms with Gasteiger partial charge in [-0.25, -0.2) is 4.98 Å². The Bertz CT molecular complexity index is 989. The van der Waals surface area contributed by atoms with Crippen molar-refractivity contribution in [3.8, 4) is 11.5 Å². The van der Waals surface area contributed by atoms with Crippen molar-refractivity contribution < 1.29 is 18.8 Å². The molecule has 0 bridgehead atoms. The number of amides is 1. The number of pyridine rings is 1. The zero-order valence-corrected chi connectivity index (χ0v) is 16.1. The number of fused-ring (bicyclic) bond motifs is 1. The van der Waals surface area contributed by atoms with Gasteiger partial charge in [0.15, 0.2) is 11.5 Å². The van der Waals surface area contributed by atoms with Crippen molar-refractivity contribution in [1.29, 1.82) is 0 Å². The van der Waals surface area contributed by atoms with Crippen molar-refractivity contribution >= 4 is 23.4 Å². The molecule has 8 heteroatoms. The normalized spacial score (nSPS) is 13.0. The molecule has 28 heavy (non-hydrogen) atoms. The van der Waals surface area contributed by atoms with Gasteiger partial charge in [0.1, 0.15) is 10.8 Å². The highest BCUT2D eigenvalue weighted by Gasteiger charge is 2.16. The average Bonchev–Trinajstić information content (AvgIpc) is 2.98. The second-order valence-corrected chi connectivity index (χ2v) is 7.20. The molecular weight excluding hydrogens is 378 g/mol. The molecule has 0 unspecified atom stereocenters. The Hall–Kier alpha value is -3.00. The van der Waals surface area contributed by atoms with Crippen molar-refractivity contribution in [1.82, 2.24) is 10.1 Å². The lowest BCUT2D eigenvalue weighted by Crippen LogP contribution is -2.13. The lowest BCUT2D eigenvalue weighted by atomic mass is 10.2.